The Labute approximate surface area is 113 Å². The minimum Gasteiger partial charge on any atom is -0.369 e. The minimum atomic E-state index is 0.556. The van der Waals surface area contributed by atoms with E-state index in [1.807, 2.05) is 0 Å². The maximum atomic E-state index is 4.51. The molecule has 1 heterocycles. The Morgan fingerprint density at radius 2 is 2.11 bits per heavy atom. The SMILES string of the molecule is CCNc1cncc(NC2CCC(SCC)C2)n1. The fraction of sp³-hybridized carbons (Fsp3) is 0.692. The van der Waals surface area contributed by atoms with Crippen LogP contribution in [0.2, 0.25) is 0 Å². The second kappa shape index (κ2) is 6.83. The third-order valence-corrected chi connectivity index (χ3v) is 4.36. The monoisotopic (exact) mass is 266 g/mol. The van der Waals surface area contributed by atoms with Crippen LogP contribution in [0.25, 0.3) is 0 Å². The highest BCUT2D eigenvalue weighted by Crippen LogP contribution is 2.31. The van der Waals surface area contributed by atoms with E-state index < -0.39 is 0 Å². The molecule has 0 radical (unpaired) electrons. The van der Waals surface area contributed by atoms with Gasteiger partial charge in [-0.2, -0.15) is 11.8 Å². The van der Waals surface area contributed by atoms with Gasteiger partial charge in [0, 0.05) is 17.8 Å². The van der Waals surface area contributed by atoms with Crippen LogP contribution >= 0.6 is 11.8 Å². The maximum Gasteiger partial charge on any atom is 0.147 e. The molecule has 4 nitrogen and oxygen atoms in total. The largest absolute Gasteiger partial charge is 0.369 e. The van der Waals surface area contributed by atoms with Crippen LogP contribution < -0.4 is 10.6 Å². The number of thioether (sulfide) groups is 1. The quantitative estimate of drug-likeness (QED) is 0.829. The van der Waals surface area contributed by atoms with Crippen molar-refractivity contribution in [2.45, 2.75) is 44.4 Å². The highest BCUT2D eigenvalue weighted by Gasteiger charge is 2.24. The van der Waals surface area contributed by atoms with Crippen LogP contribution in [0.5, 0.6) is 0 Å². The van der Waals surface area contributed by atoms with Crippen LogP contribution in [0.15, 0.2) is 12.4 Å². The van der Waals surface area contributed by atoms with E-state index in [2.05, 4.69) is 46.2 Å². The number of nitrogens with one attached hydrogen (secondary N) is 2. The molecule has 1 aliphatic carbocycles. The Morgan fingerprint density at radius 1 is 1.28 bits per heavy atom. The number of nitrogens with zero attached hydrogens (tertiary/aromatic N) is 2. The molecule has 2 atom stereocenters. The summed E-state index contributed by atoms with van der Waals surface area (Å²) in [6.45, 7) is 5.17. The Balaban J connectivity index is 1.88. The lowest BCUT2D eigenvalue weighted by Gasteiger charge is -2.14. The number of anilines is 2. The van der Waals surface area contributed by atoms with E-state index >= 15 is 0 Å². The number of hydrogen-bond acceptors (Lipinski definition) is 5. The maximum absolute atomic E-state index is 4.51. The van der Waals surface area contributed by atoms with Gasteiger partial charge >= 0.3 is 0 Å². The van der Waals surface area contributed by atoms with Gasteiger partial charge in [0.25, 0.3) is 0 Å². The van der Waals surface area contributed by atoms with E-state index in [9.17, 15) is 0 Å². The molecular weight excluding hydrogens is 244 g/mol. The van der Waals surface area contributed by atoms with E-state index in [1.165, 1.54) is 25.0 Å². The van der Waals surface area contributed by atoms with Crippen molar-refractivity contribution in [3.05, 3.63) is 12.4 Å². The van der Waals surface area contributed by atoms with E-state index in [1.54, 1.807) is 12.4 Å². The molecule has 1 aromatic rings. The normalized spacial score (nSPS) is 23.0. The van der Waals surface area contributed by atoms with E-state index in [-0.39, 0.29) is 0 Å². The number of rotatable bonds is 6. The summed E-state index contributed by atoms with van der Waals surface area (Å²) in [6.07, 6.45) is 7.37. The van der Waals surface area contributed by atoms with Gasteiger partial charge in [-0.25, -0.2) is 4.98 Å². The van der Waals surface area contributed by atoms with Crippen molar-refractivity contribution in [3.8, 4) is 0 Å². The average molecular weight is 266 g/mol. The Hall–Kier alpha value is -0.970. The highest BCUT2D eigenvalue weighted by molar-refractivity contribution is 7.99. The highest BCUT2D eigenvalue weighted by atomic mass is 32.2. The molecule has 5 heteroatoms. The van der Waals surface area contributed by atoms with Crippen LogP contribution in [0.3, 0.4) is 0 Å². The molecule has 18 heavy (non-hydrogen) atoms. The van der Waals surface area contributed by atoms with Gasteiger partial charge in [0.15, 0.2) is 0 Å². The van der Waals surface area contributed by atoms with Crippen molar-refractivity contribution in [2.75, 3.05) is 22.9 Å². The molecule has 1 saturated carbocycles. The second-order valence-electron chi connectivity index (χ2n) is 4.55. The molecule has 2 unspecified atom stereocenters. The smallest absolute Gasteiger partial charge is 0.147 e. The van der Waals surface area contributed by atoms with Gasteiger partial charge in [-0.05, 0) is 31.9 Å². The standard InChI is InChI=1S/C13H22N4S/c1-3-15-12-8-14-9-13(17-12)16-10-5-6-11(7-10)18-4-2/h8-11H,3-7H2,1-2H3,(H2,15,16,17). The molecule has 0 aromatic carbocycles. The predicted molar refractivity (Wildman–Crippen MR) is 79.4 cm³/mol. The average Bonchev–Trinajstić information content (AvgIpc) is 2.78. The Kier molecular flexibility index (Phi) is 5.11. The molecule has 0 spiro atoms. The van der Waals surface area contributed by atoms with Gasteiger partial charge in [0.05, 0.1) is 12.4 Å². The predicted octanol–water partition coefficient (Wildman–Crippen LogP) is 2.99. The summed E-state index contributed by atoms with van der Waals surface area (Å²) in [6, 6.07) is 0.556. The Bertz CT molecular complexity index is 372. The van der Waals surface area contributed by atoms with Crippen molar-refractivity contribution in [2.24, 2.45) is 0 Å². The summed E-state index contributed by atoms with van der Waals surface area (Å²) in [5.74, 6) is 2.95. The fourth-order valence-corrected chi connectivity index (χ4v) is 3.51. The van der Waals surface area contributed by atoms with Gasteiger partial charge < -0.3 is 10.6 Å². The first kappa shape index (κ1) is 13.5. The molecule has 0 bridgehead atoms. The van der Waals surface area contributed by atoms with Crippen LogP contribution in [-0.2, 0) is 0 Å². The summed E-state index contributed by atoms with van der Waals surface area (Å²) in [5, 5.41) is 7.50. The van der Waals surface area contributed by atoms with Crippen LogP contribution in [-0.4, -0.2) is 33.6 Å². The van der Waals surface area contributed by atoms with E-state index in [0.29, 0.717) is 6.04 Å². The van der Waals surface area contributed by atoms with Gasteiger partial charge in [-0.15, -0.1) is 0 Å². The van der Waals surface area contributed by atoms with Crippen molar-refractivity contribution < 1.29 is 0 Å². The van der Waals surface area contributed by atoms with Crippen LogP contribution in [0, 0.1) is 0 Å². The van der Waals surface area contributed by atoms with Crippen LogP contribution in [0.1, 0.15) is 33.1 Å². The lowest BCUT2D eigenvalue weighted by atomic mass is 10.2. The van der Waals surface area contributed by atoms with Gasteiger partial charge in [0.1, 0.15) is 11.6 Å². The lowest BCUT2D eigenvalue weighted by Crippen LogP contribution is -2.17. The van der Waals surface area contributed by atoms with Gasteiger partial charge in [-0.3, -0.25) is 4.98 Å². The zero-order chi connectivity index (χ0) is 12.8. The molecule has 0 aliphatic heterocycles. The first-order valence-electron chi connectivity index (χ1n) is 6.75. The summed E-state index contributed by atoms with van der Waals surface area (Å²) in [5.41, 5.74) is 0. The zero-order valence-corrected chi connectivity index (χ0v) is 12.0. The van der Waals surface area contributed by atoms with Crippen molar-refractivity contribution in [3.63, 3.8) is 0 Å². The van der Waals surface area contributed by atoms with Crippen LogP contribution in [0.4, 0.5) is 11.6 Å². The van der Waals surface area contributed by atoms with Gasteiger partial charge in [-0.1, -0.05) is 6.92 Å². The fourth-order valence-electron chi connectivity index (χ4n) is 2.37. The lowest BCUT2D eigenvalue weighted by molar-refractivity contribution is 0.751. The summed E-state index contributed by atoms with van der Waals surface area (Å²) in [4.78, 5) is 8.71. The molecule has 0 amide bonds. The summed E-state index contributed by atoms with van der Waals surface area (Å²) in [7, 11) is 0. The molecule has 100 valence electrons. The van der Waals surface area contributed by atoms with Crippen molar-refractivity contribution in [1.29, 1.82) is 0 Å². The molecule has 2 N–H and O–H groups in total. The van der Waals surface area contributed by atoms with Crippen molar-refractivity contribution in [1.82, 2.24) is 9.97 Å². The first-order chi connectivity index (χ1) is 8.81. The number of aromatic nitrogens is 2. The molecule has 1 fully saturated rings. The van der Waals surface area contributed by atoms with Gasteiger partial charge in [0.2, 0.25) is 0 Å². The minimum absolute atomic E-state index is 0.556. The zero-order valence-electron chi connectivity index (χ0n) is 11.1. The molecule has 1 aliphatic rings. The third kappa shape index (κ3) is 3.77. The van der Waals surface area contributed by atoms with E-state index in [4.69, 9.17) is 0 Å². The third-order valence-electron chi connectivity index (χ3n) is 3.13. The first-order valence-corrected chi connectivity index (χ1v) is 7.80. The number of hydrogen-bond donors (Lipinski definition) is 2. The van der Waals surface area contributed by atoms with E-state index in [0.717, 1.165) is 23.4 Å². The summed E-state index contributed by atoms with van der Waals surface area (Å²) < 4.78 is 0. The van der Waals surface area contributed by atoms with Crippen molar-refractivity contribution >= 4 is 23.4 Å². The molecule has 2 rings (SSSR count). The second-order valence-corrected chi connectivity index (χ2v) is 6.13. The summed E-state index contributed by atoms with van der Waals surface area (Å²) >= 11 is 2.08. The molecule has 0 saturated heterocycles. The topological polar surface area (TPSA) is 49.8 Å². The molecule has 1 aromatic heterocycles. The molecular formula is C13H22N4S. The Morgan fingerprint density at radius 3 is 2.89 bits per heavy atom.